The fraction of sp³-hybridized carbons (Fsp3) is 0.643. The second-order valence-electron chi connectivity index (χ2n) is 5.62. The van der Waals surface area contributed by atoms with E-state index in [9.17, 15) is 13.2 Å². The summed E-state index contributed by atoms with van der Waals surface area (Å²) < 4.78 is 38.4. The van der Waals surface area contributed by atoms with Crippen molar-refractivity contribution < 1.29 is 13.2 Å². The zero-order chi connectivity index (χ0) is 13.6. The summed E-state index contributed by atoms with van der Waals surface area (Å²) in [4.78, 5) is 5.93. The predicted molar refractivity (Wildman–Crippen MR) is 67.2 cm³/mol. The Morgan fingerprint density at radius 2 is 1.84 bits per heavy atom. The van der Waals surface area contributed by atoms with Gasteiger partial charge in [-0.25, -0.2) is 4.98 Å². The van der Waals surface area contributed by atoms with E-state index in [1.54, 1.807) is 6.07 Å². The maximum Gasteiger partial charge on any atom is 0.433 e. The molecule has 19 heavy (non-hydrogen) atoms. The highest BCUT2D eigenvalue weighted by Gasteiger charge is 2.39. The topological polar surface area (TPSA) is 16.1 Å². The quantitative estimate of drug-likeness (QED) is 0.812. The molecule has 2 unspecified atom stereocenters. The van der Waals surface area contributed by atoms with Crippen LogP contribution in [0.3, 0.4) is 0 Å². The van der Waals surface area contributed by atoms with Gasteiger partial charge < -0.3 is 4.90 Å². The van der Waals surface area contributed by atoms with Gasteiger partial charge in [-0.15, -0.1) is 0 Å². The summed E-state index contributed by atoms with van der Waals surface area (Å²) in [6.45, 7) is 3.78. The standard InChI is InChI=1S/C14H17F3N2/c1-9-8-11(9)10-4-5-12(14(15,16)17)18-13(10)19-6-2-3-7-19/h4-5,9,11H,2-3,6-8H2,1H3. The Balaban J connectivity index is 2.00. The van der Waals surface area contributed by atoms with Gasteiger partial charge in [0.25, 0.3) is 0 Å². The van der Waals surface area contributed by atoms with E-state index in [4.69, 9.17) is 0 Å². The molecule has 0 spiro atoms. The van der Waals surface area contributed by atoms with Gasteiger partial charge in [-0.1, -0.05) is 13.0 Å². The number of halogens is 3. The summed E-state index contributed by atoms with van der Waals surface area (Å²) in [5, 5.41) is 0. The molecule has 0 aromatic carbocycles. The molecule has 2 heterocycles. The summed E-state index contributed by atoms with van der Waals surface area (Å²) in [7, 11) is 0. The Hall–Kier alpha value is -1.26. The van der Waals surface area contributed by atoms with Crippen LogP contribution in [0.4, 0.5) is 19.0 Å². The summed E-state index contributed by atoms with van der Waals surface area (Å²) in [6, 6.07) is 2.76. The van der Waals surface area contributed by atoms with Crippen LogP contribution in [0, 0.1) is 5.92 Å². The van der Waals surface area contributed by atoms with Crippen LogP contribution in [0.15, 0.2) is 12.1 Å². The van der Waals surface area contributed by atoms with Crippen LogP contribution < -0.4 is 4.90 Å². The van der Waals surface area contributed by atoms with Gasteiger partial charge in [0.2, 0.25) is 0 Å². The van der Waals surface area contributed by atoms with Crippen molar-refractivity contribution in [3.8, 4) is 0 Å². The molecule has 2 atom stereocenters. The van der Waals surface area contributed by atoms with E-state index in [2.05, 4.69) is 11.9 Å². The fourth-order valence-corrected chi connectivity index (χ4v) is 2.84. The Bertz CT molecular complexity index is 478. The molecule has 1 aliphatic heterocycles. The lowest BCUT2D eigenvalue weighted by atomic mass is 10.1. The van der Waals surface area contributed by atoms with Crippen molar-refractivity contribution in [1.29, 1.82) is 0 Å². The predicted octanol–water partition coefficient (Wildman–Crippen LogP) is 3.82. The van der Waals surface area contributed by atoms with E-state index in [0.29, 0.717) is 17.7 Å². The molecule has 104 valence electrons. The van der Waals surface area contributed by atoms with E-state index in [1.165, 1.54) is 0 Å². The first-order valence-corrected chi connectivity index (χ1v) is 6.80. The van der Waals surface area contributed by atoms with Gasteiger partial charge in [0.15, 0.2) is 0 Å². The Labute approximate surface area is 110 Å². The summed E-state index contributed by atoms with van der Waals surface area (Å²) in [5.41, 5.74) is 0.230. The van der Waals surface area contributed by atoms with Crippen LogP contribution in [0.2, 0.25) is 0 Å². The van der Waals surface area contributed by atoms with E-state index in [0.717, 1.165) is 44.0 Å². The van der Waals surface area contributed by atoms with Crippen LogP contribution in [0.5, 0.6) is 0 Å². The number of hydrogen-bond donors (Lipinski definition) is 0. The third-order valence-corrected chi connectivity index (χ3v) is 4.11. The molecule has 5 heteroatoms. The maximum absolute atomic E-state index is 12.8. The molecule has 1 saturated carbocycles. The van der Waals surface area contributed by atoms with Crippen molar-refractivity contribution >= 4 is 5.82 Å². The Morgan fingerprint density at radius 1 is 1.21 bits per heavy atom. The van der Waals surface area contributed by atoms with Gasteiger partial charge in [-0.05, 0) is 42.7 Å². The van der Waals surface area contributed by atoms with Gasteiger partial charge in [0, 0.05) is 13.1 Å². The Kier molecular flexibility index (Phi) is 2.95. The van der Waals surface area contributed by atoms with Crippen LogP contribution in [0.25, 0.3) is 0 Å². The third kappa shape index (κ3) is 2.42. The van der Waals surface area contributed by atoms with Crippen LogP contribution in [0.1, 0.15) is 43.4 Å². The lowest BCUT2D eigenvalue weighted by Crippen LogP contribution is -2.22. The molecule has 3 rings (SSSR count). The first kappa shape index (κ1) is 12.8. The zero-order valence-corrected chi connectivity index (χ0v) is 10.9. The highest BCUT2D eigenvalue weighted by molar-refractivity contribution is 5.52. The summed E-state index contributed by atoms with van der Waals surface area (Å²) >= 11 is 0. The van der Waals surface area contributed by atoms with Crippen LogP contribution in [-0.2, 0) is 6.18 Å². The van der Waals surface area contributed by atoms with Crippen molar-refractivity contribution in [3.63, 3.8) is 0 Å². The molecule has 0 bridgehead atoms. The minimum absolute atomic E-state index is 0.394. The number of anilines is 1. The smallest absolute Gasteiger partial charge is 0.356 e. The molecule has 1 aliphatic carbocycles. The largest absolute Gasteiger partial charge is 0.433 e. The minimum Gasteiger partial charge on any atom is -0.356 e. The molecule has 0 amide bonds. The molecule has 1 aromatic heterocycles. The maximum atomic E-state index is 12.8. The van der Waals surface area contributed by atoms with E-state index in [-0.39, 0.29) is 0 Å². The zero-order valence-electron chi connectivity index (χ0n) is 10.9. The van der Waals surface area contributed by atoms with Gasteiger partial charge in [0.1, 0.15) is 11.5 Å². The molecular formula is C14H17F3N2. The number of rotatable bonds is 2. The van der Waals surface area contributed by atoms with E-state index in [1.807, 2.05) is 4.90 Å². The average Bonchev–Trinajstić information content (AvgIpc) is 2.88. The monoisotopic (exact) mass is 270 g/mol. The van der Waals surface area contributed by atoms with Crippen LogP contribution in [-0.4, -0.2) is 18.1 Å². The first-order valence-electron chi connectivity index (χ1n) is 6.80. The average molecular weight is 270 g/mol. The second-order valence-corrected chi connectivity index (χ2v) is 5.62. The van der Waals surface area contributed by atoms with Crippen molar-refractivity contribution in [2.45, 2.75) is 38.3 Å². The normalized spacial score (nSPS) is 26.8. The van der Waals surface area contributed by atoms with Crippen molar-refractivity contribution in [2.75, 3.05) is 18.0 Å². The number of nitrogens with zero attached hydrogens (tertiary/aromatic N) is 2. The van der Waals surface area contributed by atoms with Crippen molar-refractivity contribution in [1.82, 2.24) is 4.98 Å². The van der Waals surface area contributed by atoms with Crippen molar-refractivity contribution in [2.24, 2.45) is 5.92 Å². The van der Waals surface area contributed by atoms with Gasteiger partial charge in [-0.3, -0.25) is 0 Å². The minimum atomic E-state index is -4.36. The van der Waals surface area contributed by atoms with Gasteiger partial charge in [0.05, 0.1) is 0 Å². The number of alkyl halides is 3. The van der Waals surface area contributed by atoms with Crippen molar-refractivity contribution in [3.05, 3.63) is 23.4 Å². The number of hydrogen-bond acceptors (Lipinski definition) is 2. The molecule has 2 aliphatic rings. The molecule has 2 nitrogen and oxygen atoms in total. The number of pyridine rings is 1. The highest BCUT2D eigenvalue weighted by atomic mass is 19.4. The van der Waals surface area contributed by atoms with E-state index >= 15 is 0 Å². The Morgan fingerprint density at radius 3 is 2.37 bits per heavy atom. The summed E-state index contributed by atoms with van der Waals surface area (Å²) in [5.74, 6) is 1.53. The molecule has 0 radical (unpaired) electrons. The molecule has 1 saturated heterocycles. The number of aromatic nitrogens is 1. The van der Waals surface area contributed by atoms with Crippen LogP contribution >= 0.6 is 0 Å². The first-order chi connectivity index (χ1) is 8.97. The molecule has 0 N–H and O–H groups in total. The van der Waals surface area contributed by atoms with Gasteiger partial charge in [-0.2, -0.15) is 13.2 Å². The summed E-state index contributed by atoms with van der Waals surface area (Å²) in [6.07, 6.45) is -1.22. The van der Waals surface area contributed by atoms with E-state index < -0.39 is 11.9 Å². The molecule has 2 fully saturated rings. The fourth-order valence-electron chi connectivity index (χ4n) is 2.84. The lowest BCUT2D eigenvalue weighted by molar-refractivity contribution is -0.141. The second kappa shape index (κ2) is 4.39. The molecular weight excluding hydrogens is 253 g/mol. The lowest BCUT2D eigenvalue weighted by Gasteiger charge is -2.21. The SMILES string of the molecule is CC1CC1c1ccc(C(F)(F)F)nc1N1CCCC1. The molecule has 1 aromatic rings. The van der Waals surface area contributed by atoms with Gasteiger partial charge >= 0.3 is 6.18 Å². The third-order valence-electron chi connectivity index (χ3n) is 4.11. The highest BCUT2D eigenvalue weighted by Crippen LogP contribution is 2.50.